The van der Waals surface area contributed by atoms with Gasteiger partial charge in [0.25, 0.3) is 0 Å². The first-order valence-electron chi connectivity index (χ1n) is 5.48. The topological polar surface area (TPSA) is 52.7 Å². The zero-order valence-electron chi connectivity index (χ0n) is 9.32. The Kier molecular flexibility index (Phi) is 4.81. The number of hydrogen-bond donors (Lipinski definition) is 2. The zero-order chi connectivity index (χ0) is 10.6. The molecule has 0 saturated carbocycles. The highest BCUT2D eigenvalue weighted by Crippen LogP contribution is 2.09. The molecule has 0 amide bonds. The second-order valence-corrected chi connectivity index (χ2v) is 4.16. The Hall–Kier alpha value is -0.160. The highest BCUT2D eigenvalue weighted by atomic mass is 16.3. The normalized spacial score (nSPS) is 24.9. The molecular weight excluding hydrogens is 178 g/mol. The molecule has 4 heteroatoms. The molecule has 1 saturated heterocycles. The Morgan fingerprint density at radius 3 is 2.29 bits per heavy atom. The summed E-state index contributed by atoms with van der Waals surface area (Å²) in [7, 11) is 2.13. The van der Waals surface area contributed by atoms with Gasteiger partial charge in [-0.2, -0.15) is 0 Å². The van der Waals surface area contributed by atoms with E-state index in [-0.39, 0.29) is 18.7 Å². The van der Waals surface area contributed by atoms with Gasteiger partial charge in [0.15, 0.2) is 0 Å². The van der Waals surface area contributed by atoms with E-state index in [1.807, 2.05) is 0 Å². The molecule has 2 unspecified atom stereocenters. The Labute approximate surface area is 86.7 Å². The van der Waals surface area contributed by atoms with Crippen molar-refractivity contribution in [3.05, 3.63) is 0 Å². The summed E-state index contributed by atoms with van der Waals surface area (Å²) in [6.45, 7) is 6.45. The van der Waals surface area contributed by atoms with E-state index < -0.39 is 0 Å². The van der Waals surface area contributed by atoms with Crippen LogP contribution in [0.5, 0.6) is 0 Å². The first kappa shape index (κ1) is 11.9. The third kappa shape index (κ3) is 2.92. The van der Waals surface area contributed by atoms with Crippen molar-refractivity contribution in [2.24, 2.45) is 5.73 Å². The van der Waals surface area contributed by atoms with Crippen molar-refractivity contribution in [3.8, 4) is 0 Å². The van der Waals surface area contributed by atoms with Crippen LogP contribution in [0, 0.1) is 0 Å². The van der Waals surface area contributed by atoms with Crippen LogP contribution in [-0.4, -0.2) is 66.8 Å². The molecule has 4 nitrogen and oxygen atoms in total. The molecule has 0 aromatic carbocycles. The fraction of sp³-hybridized carbons (Fsp3) is 1.00. The first-order chi connectivity index (χ1) is 6.69. The molecule has 0 radical (unpaired) electrons. The van der Waals surface area contributed by atoms with Crippen LogP contribution in [0.15, 0.2) is 0 Å². The lowest BCUT2D eigenvalue weighted by atomic mass is 10.0. The summed E-state index contributed by atoms with van der Waals surface area (Å²) >= 11 is 0. The molecule has 0 aromatic rings. The van der Waals surface area contributed by atoms with Gasteiger partial charge in [-0.15, -0.1) is 0 Å². The maximum atomic E-state index is 9.31. The van der Waals surface area contributed by atoms with Crippen LogP contribution in [0.4, 0.5) is 0 Å². The van der Waals surface area contributed by atoms with Gasteiger partial charge in [0.1, 0.15) is 0 Å². The van der Waals surface area contributed by atoms with Crippen LogP contribution in [0.3, 0.4) is 0 Å². The van der Waals surface area contributed by atoms with Crippen molar-refractivity contribution in [1.29, 1.82) is 0 Å². The molecule has 1 rings (SSSR count). The van der Waals surface area contributed by atoms with E-state index in [1.165, 1.54) is 0 Å². The predicted octanol–water partition coefficient (Wildman–Crippen LogP) is -0.668. The van der Waals surface area contributed by atoms with E-state index in [4.69, 9.17) is 5.73 Å². The van der Waals surface area contributed by atoms with Crippen molar-refractivity contribution < 1.29 is 5.11 Å². The van der Waals surface area contributed by atoms with E-state index in [0.717, 1.165) is 32.6 Å². The molecule has 0 aliphatic carbocycles. The molecule has 1 aliphatic rings. The fourth-order valence-electron chi connectivity index (χ4n) is 1.95. The average Bonchev–Trinajstić information content (AvgIpc) is 2.21. The largest absolute Gasteiger partial charge is 0.395 e. The SMILES string of the molecule is CCC(N)C(CO)N1CCN(C)CC1. The summed E-state index contributed by atoms with van der Waals surface area (Å²) in [6, 6.07) is 0.247. The van der Waals surface area contributed by atoms with Crippen LogP contribution in [0.25, 0.3) is 0 Å². The maximum absolute atomic E-state index is 9.31. The van der Waals surface area contributed by atoms with E-state index in [2.05, 4.69) is 23.8 Å². The molecule has 0 aromatic heterocycles. The number of hydrogen-bond acceptors (Lipinski definition) is 4. The molecule has 0 bridgehead atoms. The van der Waals surface area contributed by atoms with Gasteiger partial charge in [0.05, 0.1) is 6.61 Å². The molecule has 2 atom stereocenters. The summed E-state index contributed by atoms with van der Waals surface area (Å²) in [4.78, 5) is 4.62. The Morgan fingerprint density at radius 2 is 1.86 bits per heavy atom. The summed E-state index contributed by atoms with van der Waals surface area (Å²) in [5.74, 6) is 0. The summed E-state index contributed by atoms with van der Waals surface area (Å²) in [5.41, 5.74) is 5.98. The van der Waals surface area contributed by atoms with Gasteiger partial charge in [-0.3, -0.25) is 4.90 Å². The molecule has 1 fully saturated rings. The molecule has 3 N–H and O–H groups in total. The molecular formula is C10H23N3O. The summed E-state index contributed by atoms with van der Waals surface area (Å²) in [5, 5.41) is 9.31. The van der Waals surface area contributed by atoms with Crippen molar-refractivity contribution in [2.45, 2.75) is 25.4 Å². The van der Waals surface area contributed by atoms with Gasteiger partial charge in [-0.05, 0) is 13.5 Å². The summed E-state index contributed by atoms with van der Waals surface area (Å²) < 4.78 is 0. The highest BCUT2D eigenvalue weighted by Gasteiger charge is 2.25. The van der Waals surface area contributed by atoms with Crippen LogP contribution in [0.1, 0.15) is 13.3 Å². The lowest BCUT2D eigenvalue weighted by molar-refractivity contribution is 0.0610. The Balaban J connectivity index is 2.44. The van der Waals surface area contributed by atoms with Gasteiger partial charge in [0, 0.05) is 38.3 Å². The quantitative estimate of drug-likeness (QED) is 0.633. The number of nitrogens with two attached hydrogens (primary N) is 1. The van der Waals surface area contributed by atoms with E-state index in [9.17, 15) is 5.11 Å². The Bertz CT molecular complexity index is 157. The molecule has 1 heterocycles. The molecule has 14 heavy (non-hydrogen) atoms. The van der Waals surface area contributed by atoms with E-state index in [0.29, 0.717) is 0 Å². The Morgan fingerprint density at radius 1 is 1.29 bits per heavy atom. The minimum absolute atomic E-state index is 0.100. The van der Waals surface area contributed by atoms with Crippen molar-refractivity contribution in [3.63, 3.8) is 0 Å². The number of likely N-dealkylation sites (N-methyl/N-ethyl adjacent to an activating group) is 1. The van der Waals surface area contributed by atoms with Crippen LogP contribution in [-0.2, 0) is 0 Å². The lowest BCUT2D eigenvalue weighted by Crippen LogP contribution is -2.56. The van der Waals surface area contributed by atoms with Crippen LogP contribution >= 0.6 is 0 Å². The second-order valence-electron chi connectivity index (χ2n) is 4.16. The van der Waals surface area contributed by atoms with Gasteiger partial charge in [-0.25, -0.2) is 0 Å². The number of piperazine rings is 1. The van der Waals surface area contributed by atoms with E-state index in [1.54, 1.807) is 0 Å². The zero-order valence-corrected chi connectivity index (χ0v) is 9.32. The van der Waals surface area contributed by atoms with Crippen LogP contribution < -0.4 is 5.73 Å². The molecule has 0 spiro atoms. The maximum Gasteiger partial charge on any atom is 0.0601 e. The predicted molar refractivity (Wildman–Crippen MR) is 58.2 cm³/mol. The molecule has 84 valence electrons. The lowest BCUT2D eigenvalue weighted by Gasteiger charge is -2.39. The van der Waals surface area contributed by atoms with Gasteiger partial charge >= 0.3 is 0 Å². The van der Waals surface area contributed by atoms with E-state index >= 15 is 0 Å². The molecule has 1 aliphatic heterocycles. The minimum Gasteiger partial charge on any atom is -0.395 e. The van der Waals surface area contributed by atoms with Crippen molar-refractivity contribution in [1.82, 2.24) is 9.80 Å². The first-order valence-corrected chi connectivity index (χ1v) is 5.48. The smallest absolute Gasteiger partial charge is 0.0601 e. The third-order valence-electron chi connectivity index (χ3n) is 3.16. The van der Waals surface area contributed by atoms with Gasteiger partial charge in [0.2, 0.25) is 0 Å². The highest BCUT2D eigenvalue weighted by molar-refractivity contribution is 4.83. The van der Waals surface area contributed by atoms with Gasteiger partial charge < -0.3 is 15.7 Å². The van der Waals surface area contributed by atoms with Gasteiger partial charge in [-0.1, -0.05) is 6.92 Å². The van der Waals surface area contributed by atoms with Crippen molar-refractivity contribution in [2.75, 3.05) is 39.8 Å². The third-order valence-corrected chi connectivity index (χ3v) is 3.16. The summed E-state index contributed by atoms with van der Waals surface area (Å²) in [6.07, 6.45) is 0.928. The number of nitrogens with zero attached hydrogens (tertiary/aromatic N) is 2. The number of aliphatic hydroxyl groups is 1. The standard InChI is InChI=1S/C10H23N3O/c1-3-9(11)10(8-14)13-6-4-12(2)5-7-13/h9-10,14H,3-8,11H2,1-2H3. The van der Waals surface area contributed by atoms with Crippen LogP contribution in [0.2, 0.25) is 0 Å². The fourth-order valence-corrected chi connectivity index (χ4v) is 1.95. The average molecular weight is 201 g/mol. The number of aliphatic hydroxyl groups excluding tert-OH is 1. The monoisotopic (exact) mass is 201 g/mol. The number of rotatable bonds is 4. The second kappa shape index (κ2) is 5.66. The van der Waals surface area contributed by atoms with Crippen molar-refractivity contribution >= 4 is 0 Å². The minimum atomic E-state index is 0.100.